The van der Waals surface area contributed by atoms with Gasteiger partial charge in [0, 0.05) is 23.9 Å². The normalized spacial score (nSPS) is 12.0. The third-order valence-electron chi connectivity index (χ3n) is 3.51. The van der Waals surface area contributed by atoms with Gasteiger partial charge in [-0.25, -0.2) is 4.98 Å². The summed E-state index contributed by atoms with van der Waals surface area (Å²) in [4.78, 5) is 31.3. The van der Waals surface area contributed by atoms with Crippen LogP contribution in [-0.2, 0) is 16.1 Å². The van der Waals surface area contributed by atoms with Crippen molar-refractivity contribution in [2.75, 3.05) is 12.4 Å². The first-order valence-corrected chi connectivity index (χ1v) is 9.02. The van der Waals surface area contributed by atoms with E-state index < -0.39 is 5.25 Å². The highest BCUT2D eigenvalue weighted by Crippen LogP contribution is 2.26. The molecule has 1 atom stereocenters. The highest BCUT2D eigenvalue weighted by molar-refractivity contribution is 8.00. The summed E-state index contributed by atoms with van der Waals surface area (Å²) in [5.41, 5.74) is 1.73. The van der Waals surface area contributed by atoms with Crippen molar-refractivity contribution in [3.63, 3.8) is 0 Å². The molecule has 0 fully saturated rings. The van der Waals surface area contributed by atoms with Crippen molar-refractivity contribution in [1.82, 2.24) is 9.97 Å². The Labute approximate surface area is 155 Å². The van der Waals surface area contributed by atoms with E-state index in [4.69, 9.17) is 16.3 Å². The summed E-state index contributed by atoms with van der Waals surface area (Å²) < 4.78 is 5.00. The zero-order valence-corrected chi connectivity index (χ0v) is 15.8. The molecule has 134 valence electrons. The number of halogens is 1. The largest absolute Gasteiger partial charge is 0.378 e. The van der Waals surface area contributed by atoms with Crippen LogP contribution in [0.25, 0.3) is 0 Å². The lowest BCUT2D eigenvalue weighted by Crippen LogP contribution is -2.25. The minimum atomic E-state index is -0.403. The van der Waals surface area contributed by atoms with Crippen LogP contribution in [0, 0.1) is 6.92 Å². The number of ether oxygens (including phenoxy) is 1. The number of thioether (sulfide) groups is 1. The molecule has 0 bridgehead atoms. The molecule has 6 nitrogen and oxygen atoms in total. The zero-order valence-electron chi connectivity index (χ0n) is 14.3. The smallest absolute Gasteiger partial charge is 0.251 e. The minimum Gasteiger partial charge on any atom is -0.378 e. The number of carbonyl (C=O) groups is 1. The fraction of sp³-hybridized carbons (Fsp3) is 0.353. The molecule has 0 saturated carbocycles. The molecular formula is C17H20ClN3O3S. The number of nitrogens with one attached hydrogen (secondary N) is 2. The van der Waals surface area contributed by atoms with Gasteiger partial charge in [0.1, 0.15) is 0 Å². The van der Waals surface area contributed by atoms with E-state index in [9.17, 15) is 9.59 Å². The predicted molar refractivity (Wildman–Crippen MR) is 100 cm³/mol. The van der Waals surface area contributed by atoms with Crippen LogP contribution in [0.5, 0.6) is 0 Å². The SMILES string of the molecule is CCC(Sc1nc(COC)cc(=O)[nH]1)C(=O)Nc1cccc(Cl)c1C. The second kappa shape index (κ2) is 9.03. The zero-order chi connectivity index (χ0) is 18.4. The molecule has 0 radical (unpaired) electrons. The number of carbonyl (C=O) groups excluding carboxylic acids is 1. The van der Waals surface area contributed by atoms with Gasteiger partial charge in [0.05, 0.1) is 17.6 Å². The van der Waals surface area contributed by atoms with Gasteiger partial charge in [-0.15, -0.1) is 0 Å². The Morgan fingerprint density at radius 3 is 2.92 bits per heavy atom. The molecule has 0 saturated heterocycles. The number of nitrogens with zero attached hydrogens (tertiary/aromatic N) is 1. The molecule has 0 spiro atoms. The Bertz CT molecular complexity index is 810. The monoisotopic (exact) mass is 381 g/mol. The lowest BCUT2D eigenvalue weighted by molar-refractivity contribution is -0.115. The molecular weight excluding hydrogens is 362 g/mol. The molecule has 1 unspecified atom stereocenters. The van der Waals surface area contributed by atoms with Gasteiger partial charge in [0.25, 0.3) is 5.56 Å². The maximum absolute atomic E-state index is 12.6. The average Bonchev–Trinajstić information content (AvgIpc) is 2.56. The number of aromatic amines is 1. The number of H-pyrrole nitrogens is 1. The second-order valence-electron chi connectivity index (χ2n) is 5.39. The van der Waals surface area contributed by atoms with Crippen LogP contribution in [0.3, 0.4) is 0 Å². The van der Waals surface area contributed by atoms with E-state index in [0.29, 0.717) is 28.0 Å². The number of anilines is 1. The van der Waals surface area contributed by atoms with Crippen LogP contribution in [-0.4, -0.2) is 28.2 Å². The number of hydrogen-bond donors (Lipinski definition) is 2. The van der Waals surface area contributed by atoms with Crippen molar-refractivity contribution in [3.8, 4) is 0 Å². The Morgan fingerprint density at radius 2 is 2.24 bits per heavy atom. The quantitative estimate of drug-likeness (QED) is 0.567. The number of amides is 1. The van der Waals surface area contributed by atoms with Gasteiger partial charge in [-0.2, -0.15) is 0 Å². The van der Waals surface area contributed by atoms with Crippen LogP contribution in [0.4, 0.5) is 5.69 Å². The van der Waals surface area contributed by atoms with Crippen molar-refractivity contribution in [3.05, 3.63) is 50.9 Å². The molecule has 2 rings (SSSR count). The van der Waals surface area contributed by atoms with Gasteiger partial charge in [-0.05, 0) is 31.0 Å². The summed E-state index contributed by atoms with van der Waals surface area (Å²) in [6.45, 7) is 3.99. The molecule has 1 aromatic heterocycles. The van der Waals surface area contributed by atoms with Crippen molar-refractivity contribution < 1.29 is 9.53 Å². The van der Waals surface area contributed by atoms with Crippen molar-refractivity contribution in [1.29, 1.82) is 0 Å². The Hall–Kier alpha value is -1.83. The third-order valence-corrected chi connectivity index (χ3v) is 5.17. The van der Waals surface area contributed by atoms with Crippen LogP contribution in [0.1, 0.15) is 24.6 Å². The molecule has 0 aliphatic rings. The fourth-order valence-electron chi connectivity index (χ4n) is 2.17. The molecule has 1 aromatic carbocycles. The van der Waals surface area contributed by atoms with Crippen LogP contribution < -0.4 is 10.9 Å². The summed E-state index contributed by atoms with van der Waals surface area (Å²) in [7, 11) is 1.53. The lowest BCUT2D eigenvalue weighted by Gasteiger charge is -2.16. The molecule has 2 N–H and O–H groups in total. The van der Waals surface area contributed by atoms with Crippen LogP contribution >= 0.6 is 23.4 Å². The number of rotatable bonds is 7. The molecule has 1 amide bonds. The maximum Gasteiger partial charge on any atom is 0.251 e. The van der Waals surface area contributed by atoms with Gasteiger partial charge in [-0.1, -0.05) is 36.4 Å². The molecule has 0 aliphatic heterocycles. The van der Waals surface area contributed by atoms with Gasteiger partial charge >= 0.3 is 0 Å². The van der Waals surface area contributed by atoms with Gasteiger partial charge < -0.3 is 15.0 Å². The van der Waals surface area contributed by atoms with Crippen LogP contribution in [0.15, 0.2) is 34.2 Å². The van der Waals surface area contributed by atoms with E-state index in [1.807, 2.05) is 13.8 Å². The minimum absolute atomic E-state index is 0.169. The number of aromatic nitrogens is 2. The van der Waals surface area contributed by atoms with E-state index in [2.05, 4.69) is 15.3 Å². The van der Waals surface area contributed by atoms with Crippen molar-refractivity contribution >= 4 is 35.0 Å². The van der Waals surface area contributed by atoms with E-state index >= 15 is 0 Å². The Morgan fingerprint density at radius 1 is 1.48 bits per heavy atom. The van der Waals surface area contributed by atoms with E-state index in [0.717, 1.165) is 5.56 Å². The Kier molecular flexibility index (Phi) is 7.04. The summed E-state index contributed by atoms with van der Waals surface area (Å²) >= 11 is 7.30. The molecule has 8 heteroatoms. The van der Waals surface area contributed by atoms with Gasteiger partial charge in [0.15, 0.2) is 5.16 Å². The first-order valence-electron chi connectivity index (χ1n) is 7.76. The molecule has 1 heterocycles. The van der Waals surface area contributed by atoms with E-state index in [1.54, 1.807) is 18.2 Å². The van der Waals surface area contributed by atoms with E-state index in [-0.39, 0.29) is 18.1 Å². The average molecular weight is 382 g/mol. The van der Waals surface area contributed by atoms with Crippen LogP contribution in [0.2, 0.25) is 5.02 Å². The standard InChI is InChI=1S/C17H20ClN3O3S/c1-4-14(16(23)20-13-7-5-6-12(18)10(13)2)25-17-19-11(9-24-3)8-15(22)21-17/h5-8,14H,4,9H2,1-3H3,(H,20,23)(H,19,21,22). The van der Waals surface area contributed by atoms with Crippen molar-refractivity contribution in [2.24, 2.45) is 0 Å². The highest BCUT2D eigenvalue weighted by atomic mass is 35.5. The molecule has 25 heavy (non-hydrogen) atoms. The summed E-state index contributed by atoms with van der Waals surface area (Å²) in [6.07, 6.45) is 0.578. The first-order chi connectivity index (χ1) is 11.9. The van der Waals surface area contributed by atoms with E-state index in [1.165, 1.54) is 24.9 Å². The topological polar surface area (TPSA) is 84.1 Å². The fourth-order valence-corrected chi connectivity index (χ4v) is 3.28. The second-order valence-corrected chi connectivity index (χ2v) is 6.99. The summed E-state index contributed by atoms with van der Waals surface area (Å²) in [5, 5.41) is 3.47. The van der Waals surface area contributed by atoms with Gasteiger partial charge in [-0.3, -0.25) is 9.59 Å². The number of benzene rings is 1. The highest BCUT2D eigenvalue weighted by Gasteiger charge is 2.20. The third kappa shape index (κ3) is 5.32. The lowest BCUT2D eigenvalue weighted by atomic mass is 10.2. The number of methoxy groups -OCH3 is 1. The maximum atomic E-state index is 12.6. The summed E-state index contributed by atoms with van der Waals surface area (Å²) in [6, 6.07) is 6.74. The number of hydrogen-bond acceptors (Lipinski definition) is 5. The van der Waals surface area contributed by atoms with Crippen molar-refractivity contribution in [2.45, 2.75) is 37.3 Å². The summed E-state index contributed by atoms with van der Waals surface area (Å²) in [5.74, 6) is -0.169. The molecule has 0 aliphatic carbocycles. The Balaban J connectivity index is 2.15. The van der Waals surface area contributed by atoms with Gasteiger partial charge in [0.2, 0.25) is 5.91 Å². The predicted octanol–water partition coefficient (Wildman–Crippen LogP) is 3.39. The molecule has 2 aromatic rings. The first kappa shape index (κ1) is 19.5.